The molecular weight excluding hydrogens is 180 g/mol. The predicted octanol–water partition coefficient (Wildman–Crippen LogP) is 1.53. The Morgan fingerprint density at radius 2 is 2.00 bits per heavy atom. The zero-order chi connectivity index (χ0) is 10.2. The molecule has 0 aliphatic carbocycles. The minimum atomic E-state index is -0.320. The molecule has 14 heavy (non-hydrogen) atoms. The monoisotopic (exact) mass is 192 g/mol. The highest BCUT2D eigenvalue weighted by atomic mass is 16.5. The van der Waals surface area contributed by atoms with E-state index in [0.717, 1.165) is 0 Å². The fraction of sp³-hybridized carbons (Fsp3) is 0.200. The molecule has 0 fully saturated rings. The highest BCUT2D eigenvalue weighted by molar-refractivity contribution is 5.65. The summed E-state index contributed by atoms with van der Waals surface area (Å²) in [5.74, 6) is -0.320. The molecule has 0 saturated carbocycles. The summed E-state index contributed by atoms with van der Waals surface area (Å²) in [5.41, 5.74) is 0. The summed E-state index contributed by atoms with van der Waals surface area (Å²) in [6.07, 6.45) is 3.35. The lowest BCUT2D eigenvalue weighted by molar-refractivity contribution is -0.145. The van der Waals surface area contributed by atoms with Crippen LogP contribution in [-0.4, -0.2) is 15.7 Å². The van der Waals surface area contributed by atoms with Gasteiger partial charge in [0, 0.05) is 19.3 Å². The average Bonchev–Trinajstić information content (AvgIpc) is 2.27. The number of carbonyl (C=O) groups is 1. The van der Waals surface area contributed by atoms with E-state index in [1.807, 2.05) is 24.3 Å². The van der Waals surface area contributed by atoms with E-state index in [1.165, 1.54) is 11.6 Å². The third-order valence-corrected chi connectivity index (χ3v) is 1.40. The second kappa shape index (κ2) is 5.75. The van der Waals surface area contributed by atoms with Gasteiger partial charge >= 0.3 is 5.97 Å². The molecule has 1 aromatic heterocycles. The van der Waals surface area contributed by atoms with Crippen LogP contribution >= 0.6 is 0 Å². The van der Waals surface area contributed by atoms with Gasteiger partial charge in [0.05, 0.1) is 0 Å². The molecule has 1 rings (SSSR count). The molecule has 0 atom stereocenters. The zero-order valence-electron chi connectivity index (χ0n) is 7.96. The maximum Gasteiger partial charge on any atom is 0.304 e. The van der Waals surface area contributed by atoms with Crippen LogP contribution in [0.25, 0.3) is 0 Å². The number of nitrogens with zero attached hydrogens (tertiary/aromatic N) is 2. The van der Waals surface area contributed by atoms with Crippen molar-refractivity contribution in [1.82, 2.24) is 9.78 Å². The summed E-state index contributed by atoms with van der Waals surface area (Å²) in [6, 6.07) is 9.23. The predicted molar refractivity (Wildman–Crippen MR) is 51.6 cm³/mol. The van der Waals surface area contributed by atoms with Crippen LogP contribution in [-0.2, 0) is 16.3 Å². The molecular formula is C10H12N2O2. The minimum Gasteiger partial charge on any atom is -0.443 e. The van der Waals surface area contributed by atoms with E-state index in [1.54, 1.807) is 18.5 Å². The number of carbonyl (C=O) groups excluding carboxylic acids is 1. The van der Waals surface area contributed by atoms with E-state index >= 15 is 0 Å². The Balaban J connectivity index is 2.78. The Morgan fingerprint density at radius 3 is 2.79 bits per heavy atom. The Bertz CT molecular complexity index is 322. The van der Waals surface area contributed by atoms with Crippen LogP contribution in [0.4, 0.5) is 0 Å². The fourth-order valence-corrected chi connectivity index (χ4v) is 0.787. The van der Waals surface area contributed by atoms with E-state index in [9.17, 15) is 4.79 Å². The highest BCUT2D eigenvalue weighted by Crippen LogP contribution is 1.84. The first kappa shape index (κ1) is 10.2. The number of rotatable bonds is 2. The van der Waals surface area contributed by atoms with Crippen LogP contribution in [0.3, 0.4) is 0 Å². The van der Waals surface area contributed by atoms with Gasteiger partial charge in [-0.3, -0.25) is 4.79 Å². The van der Waals surface area contributed by atoms with Crippen LogP contribution in [0, 0.1) is 0 Å². The normalized spacial score (nSPS) is 8.93. The first-order valence-electron chi connectivity index (χ1n) is 4.23. The molecule has 1 heterocycles. The van der Waals surface area contributed by atoms with Crippen molar-refractivity contribution in [2.75, 3.05) is 0 Å². The maximum atomic E-state index is 10.6. The minimum absolute atomic E-state index is 0.129. The second-order valence-electron chi connectivity index (χ2n) is 2.58. The smallest absolute Gasteiger partial charge is 0.304 e. The van der Waals surface area contributed by atoms with E-state index in [0.29, 0.717) is 0 Å². The van der Waals surface area contributed by atoms with Crippen LogP contribution in [0.5, 0.6) is 0 Å². The molecule has 0 aromatic carbocycles. The molecule has 0 unspecified atom stereocenters. The summed E-state index contributed by atoms with van der Waals surface area (Å²) in [7, 11) is 0. The number of aromatic nitrogens is 2. The lowest BCUT2D eigenvalue weighted by atomic mass is 10.5. The Labute approximate surface area is 82.5 Å². The number of hydrogen-bond donors (Lipinski definition) is 0. The summed E-state index contributed by atoms with van der Waals surface area (Å²) in [4.78, 5) is 10.6. The Hall–Kier alpha value is -1.84. The summed E-state index contributed by atoms with van der Waals surface area (Å²) < 4.78 is 6.32. The molecule has 0 spiro atoms. The van der Waals surface area contributed by atoms with Crippen molar-refractivity contribution in [2.45, 2.75) is 13.7 Å². The number of ether oxygens (including phenoxy) is 1. The zero-order valence-corrected chi connectivity index (χ0v) is 7.96. The topological polar surface area (TPSA) is 44.1 Å². The van der Waals surface area contributed by atoms with Crippen molar-refractivity contribution in [2.24, 2.45) is 0 Å². The van der Waals surface area contributed by atoms with Crippen LogP contribution in [0.2, 0.25) is 0 Å². The van der Waals surface area contributed by atoms with Crippen molar-refractivity contribution in [3.05, 3.63) is 42.7 Å². The van der Waals surface area contributed by atoms with Crippen LogP contribution in [0.15, 0.2) is 42.7 Å². The molecule has 0 radical (unpaired) electrons. The van der Waals surface area contributed by atoms with Gasteiger partial charge in [0.25, 0.3) is 0 Å². The molecule has 1 aromatic rings. The maximum absolute atomic E-state index is 10.6. The van der Waals surface area contributed by atoms with Crippen molar-refractivity contribution >= 4 is 5.97 Å². The third kappa shape index (κ3) is 4.25. The molecule has 0 bridgehead atoms. The lowest BCUT2D eigenvalue weighted by Crippen LogP contribution is -2.07. The van der Waals surface area contributed by atoms with Gasteiger partial charge in [0.2, 0.25) is 0 Å². The molecule has 0 N–H and O–H groups in total. The molecule has 4 heteroatoms. The first-order chi connectivity index (χ1) is 6.79. The van der Waals surface area contributed by atoms with Crippen molar-refractivity contribution in [1.29, 1.82) is 0 Å². The van der Waals surface area contributed by atoms with Gasteiger partial charge in [-0.1, -0.05) is 18.2 Å². The van der Waals surface area contributed by atoms with Crippen LogP contribution < -0.4 is 0 Å². The summed E-state index contributed by atoms with van der Waals surface area (Å²) in [5, 5.41) is 4.03. The van der Waals surface area contributed by atoms with Gasteiger partial charge in [-0.05, 0) is 12.1 Å². The lowest BCUT2D eigenvalue weighted by Gasteiger charge is -2.01. The molecule has 0 amide bonds. The highest BCUT2D eigenvalue weighted by Gasteiger charge is 1.90. The van der Waals surface area contributed by atoms with E-state index < -0.39 is 0 Å². The standard InChI is InChI=1S/C10H12N2O2/c1-10(13)14-9-12-8-6-4-2-3-5-7-11-12/h2-8H,9H2,1H3. The fourth-order valence-electron chi connectivity index (χ4n) is 0.787. The first-order valence-corrected chi connectivity index (χ1v) is 4.23. The average molecular weight is 192 g/mol. The molecule has 0 aliphatic heterocycles. The van der Waals surface area contributed by atoms with Gasteiger partial charge in [-0.25, -0.2) is 4.68 Å². The van der Waals surface area contributed by atoms with E-state index in [2.05, 4.69) is 5.10 Å². The van der Waals surface area contributed by atoms with E-state index in [4.69, 9.17) is 4.74 Å². The van der Waals surface area contributed by atoms with E-state index in [-0.39, 0.29) is 12.7 Å². The van der Waals surface area contributed by atoms with Crippen molar-refractivity contribution in [3.8, 4) is 0 Å². The van der Waals surface area contributed by atoms with Crippen molar-refractivity contribution in [3.63, 3.8) is 0 Å². The largest absolute Gasteiger partial charge is 0.443 e. The van der Waals surface area contributed by atoms with Gasteiger partial charge in [-0.2, -0.15) is 5.10 Å². The number of hydrogen-bond acceptors (Lipinski definition) is 3. The van der Waals surface area contributed by atoms with Gasteiger partial charge < -0.3 is 4.74 Å². The SMILES string of the molecule is CC(=O)OCn1cccccccn1. The summed E-state index contributed by atoms with van der Waals surface area (Å²) >= 11 is 0. The molecule has 4 nitrogen and oxygen atoms in total. The number of esters is 1. The van der Waals surface area contributed by atoms with Gasteiger partial charge in [-0.15, -0.1) is 0 Å². The van der Waals surface area contributed by atoms with Crippen molar-refractivity contribution < 1.29 is 9.53 Å². The van der Waals surface area contributed by atoms with Gasteiger partial charge in [0.15, 0.2) is 6.73 Å². The van der Waals surface area contributed by atoms with Crippen LogP contribution in [0.1, 0.15) is 6.92 Å². The van der Waals surface area contributed by atoms with Gasteiger partial charge in [0.1, 0.15) is 0 Å². The second-order valence-corrected chi connectivity index (χ2v) is 2.58. The third-order valence-electron chi connectivity index (χ3n) is 1.40. The summed E-state index contributed by atoms with van der Waals surface area (Å²) in [6.45, 7) is 1.49. The molecule has 0 saturated heterocycles. The Morgan fingerprint density at radius 1 is 1.29 bits per heavy atom. The molecule has 74 valence electrons. The quantitative estimate of drug-likeness (QED) is 0.667. The Kier molecular flexibility index (Phi) is 4.20. The molecule has 0 aliphatic rings.